The van der Waals surface area contributed by atoms with Crippen molar-refractivity contribution >= 4 is 23.2 Å². The molecule has 0 aliphatic carbocycles. The third-order valence-electron chi connectivity index (χ3n) is 6.99. The molecule has 0 unspecified atom stereocenters. The van der Waals surface area contributed by atoms with Gasteiger partial charge < -0.3 is 30.0 Å². The second-order valence-electron chi connectivity index (χ2n) is 9.42. The first kappa shape index (κ1) is 25.1. The number of rotatable bonds is 7. The van der Waals surface area contributed by atoms with Crippen LogP contribution in [0.4, 0.5) is 15.8 Å². The molecule has 10 heteroatoms. The van der Waals surface area contributed by atoms with Crippen LogP contribution in [0.2, 0.25) is 0 Å². The number of fused-ring (bicyclic) bond motifs is 1. The molecule has 9 nitrogen and oxygen atoms in total. The van der Waals surface area contributed by atoms with E-state index in [2.05, 4.69) is 32.4 Å². The molecule has 1 atom stereocenters. The van der Waals surface area contributed by atoms with E-state index in [0.717, 1.165) is 12.1 Å². The molecule has 0 spiro atoms. The van der Waals surface area contributed by atoms with Crippen molar-refractivity contribution in [2.45, 2.75) is 32.2 Å². The van der Waals surface area contributed by atoms with Gasteiger partial charge in [0.25, 0.3) is 11.8 Å². The average Bonchev–Trinajstić information content (AvgIpc) is 3.26. The van der Waals surface area contributed by atoms with Crippen LogP contribution < -0.4 is 20.1 Å². The zero-order valence-corrected chi connectivity index (χ0v) is 21.4. The predicted octanol–water partition coefficient (Wildman–Crippen LogP) is 3.65. The summed E-state index contributed by atoms with van der Waals surface area (Å²) in [5, 5.41) is 6.10. The number of hydrogen-bond acceptors (Lipinski definition) is 6. The standard InChI is InChI=1S/C28H28FN5O4/c1-4-6-22(35)34-14-11-28(34,2)16-38-21-15-30-12-9-17(21)24-25(23-19(32-24)10-13-31-27(23)36)33-20-8-5-7-18(29)26(20)37-3/h5,7-9,12,15,32-33H,10-11,13-14,16H2,1-3H3,(H,31,36)/t28-/m0/s1. The van der Waals surface area contributed by atoms with E-state index < -0.39 is 11.4 Å². The number of hydrogen-bond donors (Lipinski definition) is 3. The lowest BCUT2D eigenvalue weighted by molar-refractivity contribution is -0.141. The highest BCUT2D eigenvalue weighted by Crippen LogP contribution is 2.42. The van der Waals surface area contributed by atoms with Gasteiger partial charge in [0, 0.05) is 37.0 Å². The van der Waals surface area contributed by atoms with Crippen LogP contribution in [0.1, 0.15) is 36.3 Å². The Bertz CT molecular complexity index is 1470. The summed E-state index contributed by atoms with van der Waals surface area (Å²) in [6.07, 6.45) is 4.61. The number of para-hydroxylation sites is 1. The van der Waals surface area contributed by atoms with Gasteiger partial charge >= 0.3 is 0 Å². The van der Waals surface area contributed by atoms with Crippen molar-refractivity contribution in [3.63, 3.8) is 0 Å². The molecule has 196 valence electrons. The predicted molar refractivity (Wildman–Crippen MR) is 140 cm³/mol. The number of carbonyl (C=O) groups excluding carboxylic acids is 2. The van der Waals surface area contributed by atoms with Crippen LogP contribution in [0.25, 0.3) is 11.3 Å². The van der Waals surface area contributed by atoms with Gasteiger partial charge in [-0.25, -0.2) is 4.39 Å². The Balaban J connectivity index is 1.53. The molecule has 1 saturated heterocycles. The second-order valence-corrected chi connectivity index (χ2v) is 9.42. The Morgan fingerprint density at radius 2 is 2.18 bits per heavy atom. The smallest absolute Gasteiger partial charge is 0.299 e. The maximum absolute atomic E-state index is 14.5. The molecule has 1 fully saturated rings. The van der Waals surface area contributed by atoms with Crippen molar-refractivity contribution in [2.75, 3.05) is 32.1 Å². The number of ether oxygens (including phenoxy) is 2. The maximum Gasteiger partial charge on any atom is 0.299 e. The van der Waals surface area contributed by atoms with E-state index in [0.29, 0.717) is 53.5 Å². The van der Waals surface area contributed by atoms with E-state index >= 15 is 0 Å². The van der Waals surface area contributed by atoms with Crippen LogP contribution in [-0.4, -0.2) is 59.0 Å². The Morgan fingerprint density at radius 1 is 1.34 bits per heavy atom. The summed E-state index contributed by atoms with van der Waals surface area (Å²) in [4.78, 5) is 34.6. The van der Waals surface area contributed by atoms with E-state index in [1.54, 1.807) is 42.4 Å². The number of H-pyrrole nitrogens is 1. The average molecular weight is 518 g/mol. The Labute approximate surface area is 219 Å². The molecule has 3 N–H and O–H groups in total. The minimum atomic E-state index is -0.526. The maximum atomic E-state index is 14.5. The van der Waals surface area contributed by atoms with Crippen LogP contribution in [0, 0.1) is 17.7 Å². The zero-order valence-electron chi connectivity index (χ0n) is 21.4. The largest absolute Gasteiger partial charge is 0.492 e. The summed E-state index contributed by atoms with van der Waals surface area (Å²) in [7, 11) is 1.39. The first-order valence-corrected chi connectivity index (χ1v) is 12.3. The number of halogens is 1. The summed E-state index contributed by atoms with van der Waals surface area (Å²) in [6.45, 7) is 4.95. The van der Waals surface area contributed by atoms with E-state index in [9.17, 15) is 14.0 Å². The Hall–Kier alpha value is -4.52. The van der Waals surface area contributed by atoms with Crippen LogP contribution in [0.3, 0.4) is 0 Å². The van der Waals surface area contributed by atoms with Crippen LogP contribution in [-0.2, 0) is 11.2 Å². The number of likely N-dealkylation sites (tertiary alicyclic amines) is 1. The van der Waals surface area contributed by atoms with E-state index in [4.69, 9.17) is 9.47 Å². The number of nitrogens with one attached hydrogen (secondary N) is 3. The molecule has 2 aromatic heterocycles. The lowest BCUT2D eigenvalue weighted by Crippen LogP contribution is -2.63. The van der Waals surface area contributed by atoms with Gasteiger partial charge in [0.1, 0.15) is 12.4 Å². The number of aromatic amines is 1. The summed E-state index contributed by atoms with van der Waals surface area (Å²) in [5.41, 5.74) is 2.81. The van der Waals surface area contributed by atoms with Gasteiger partial charge in [0.15, 0.2) is 11.6 Å². The second kappa shape index (κ2) is 10.1. The highest BCUT2D eigenvalue weighted by atomic mass is 19.1. The normalized spacial score (nSPS) is 17.9. The molecule has 2 aliphatic heterocycles. The molecule has 38 heavy (non-hydrogen) atoms. The summed E-state index contributed by atoms with van der Waals surface area (Å²) >= 11 is 0. The SMILES string of the molecule is CC#CC(=O)N1CC[C@@]1(C)COc1cnccc1-c1[nH]c2c(c1Nc1cccc(F)c1OC)C(=O)NCC2. The quantitative estimate of drug-likeness (QED) is 0.413. The number of amides is 2. The van der Waals surface area contributed by atoms with Crippen molar-refractivity contribution in [1.29, 1.82) is 0 Å². The van der Waals surface area contributed by atoms with Crippen molar-refractivity contribution in [3.05, 3.63) is 53.7 Å². The van der Waals surface area contributed by atoms with Gasteiger partial charge in [-0.05, 0) is 44.4 Å². The van der Waals surface area contributed by atoms with Crippen LogP contribution >= 0.6 is 0 Å². The van der Waals surface area contributed by atoms with Crippen molar-refractivity contribution < 1.29 is 23.5 Å². The molecule has 2 amide bonds. The minimum absolute atomic E-state index is 0.0358. The van der Waals surface area contributed by atoms with Crippen LogP contribution in [0.5, 0.6) is 11.5 Å². The highest BCUT2D eigenvalue weighted by Gasteiger charge is 2.44. The molecule has 4 heterocycles. The van der Waals surface area contributed by atoms with Crippen molar-refractivity contribution in [2.24, 2.45) is 0 Å². The van der Waals surface area contributed by atoms with Gasteiger partial charge in [-0.15, -0.1) is 0 Å². The molecule has 2 aliphatic rings. The Kier molecular flexibility index (Phi) is 6.68. The zero-order chi connectivity index (χ0) is 26.9. The van der Waals surface area contributed by atoms with Crippen molar-refractivity contribution in [3.8, 4) is 34.6 Å². The van der Waals surface area contributed by atoms with Crippen LogP contribution in [0.15, 0.2) is 36.7 Å². The molecule has 5 rings (SSSR count). The van der Waals surface area contributed by atoms with E-state index in [-0.39, 0.29) is 24.2 Å². The molecule has 0 bridgehead atoms. The number of aromatic nitrogens is 2. The summed E-state index contributed by atoms with van der Waals surface area (Å²) in [6, 6.07) is 6.33. The highest BCUT2D eigenvalue weighted by molar-refractivity contribution is 6.06. The van der Waals surface area contributed by atoms with Gasteiger partial charge in [-0.1, -0.05) is 12.0 Å². The van der Waals surface area contributed by atoms with E-state index in [1.165, 1.54) is 13.2 Å². The fraction of sp³-hybridized carbons (Fsp3) is 0.321. The molecule has 1 aromatic carbocycles. The fourth-order valence-corrected chi connectivity index (χ4v) is 4.87. The monoisotopic (exact) mass is 517 g/mol. The van der Waals surface area contributed by atoms with Crippen molar-refractivity contribution in [1.82, 2.24) is 20.2 Å². The molecule has 0 saturated carbocycles. The number of pyridine rings is 1. The number of benzene rings is 1. The van der Waals surface area contributed by atoms with Gasteiger partial charge in [-0.3, -0.25) is 14.6 Å². The summed E-state index contributed by atoms with van der Waals surface area (Å²) in [5.74, 6) is 4.77. The molecule has 3 aromatic rings. The fourth-order valence-electron chi connectivity index (χ4n) is 4.87. The molecular weight excluding hydrogens is 489 g/mol. The van der Waals surface area contributed by atoms with Gasteiger partial charge in [0.2, 0.25) is 0 Å². The first-order chi connectivity index (χ1) is 18.4. The topological polar surface area (TPSA) is 109 Å². The third-order valence-corrected chi connectivity index (χ3v) is 6.99. The number of nitrogens with zero attached hydrogens (tertiary/aromatic N) is 2. The molecular formula is C28H28FN5O4. The number of anilines is 2. The first-order valence-electron chi connectivity index (χ1n) is 12.3. The lowest BCUT2D eigenvalue weighted by atomic mass is 9.87. The number of carbonyl (C=O) groups is 2. The number of methoxy groups -OCH3 is 1. The van der Waals surface area contributed by atoms with Gasteiger partial charge in [0.05, 0.1) is 41.5 Å². The molecule has 0 radical (unpaired) electrons. The minimum Gasteiger partial charge on any atom is -0.492 e. The third kappa shape index (κ3) is 4.41. The van der Waals surface area contributed by atoms with Gasteiger partial charge in [-0.2, -0.15) is 0 Å². The van der Waals surface area contributed by atoms with E-state index in [1.807, 2.05) is 6.92 Å². The summed E-state index contributed by atoms with van der Waals surface area (Å²) < 4.78 is 26.0. The Morgan fingerprint density at radius 3 is 2.92 bits per heavy atom. The lowest BCUT2D eigenvalue weighted by Gasteiger charge is -2.49.